The maximum atomic E-state index is 12.7. The molecule has 152 valence electrons. The van der Waals surface area contributed by atoms with E-state index in [1.807, 2.05) is 0 Å². The van der Waals surface area contributed by atoms with Crippen molar-refractivity contribution in [2.24, 2.45) is 0 Å². The quantitative estimate of drug-likeness (QED) is 0.646. The average molecular weight is 432 g/mol. The van der Waals surface area contributed by atoms with Crippen LogP contribution in [0.1, 0.15) is 19.4 Å². The molecule has 0 aliphatic rings. The van der Waals surface area contributed by atoms with Gasteiger partial charge in [-0.1, -0.05) is 6.07 Å². The standard InChI is InChI=1S/C18H19F3N2O3S2/c1-12(2)23-28(25,26)16-8-6-14(7-9-16)22-17(24)11-27-15-5-3-4-13(10-15)18(19,20)21/h3-10,12,23H,11H2,1-2H3,(H,22,24). The van der Waals surface area contributed by atoms with E-state index in [9.17, 15) is 26.4 Å². The zero-order chi connectivity index (χ0) is 20.9. The van der Waals surface area contributed by atoms with Gasteiger partial charge in [0.05, 0.1) is 16.2 Å². The lowest BCUT2D eigenvalue weighted by Gasteiger charge is -2.11. The monoisotopic (exact) mass is 432 g/mol. The summed E-state index contributed by atoms with van der Waals surface area (Å²) in [6.07, 6.45) is -4.44. The van der Waals surface area contributed by atoms with E-state index in [0.717, 1.165) is 23.9 Å². The number of halogens is 3. The summed E-state index contributed by atoms with van der Waals surface area (Å²) in [7, 11) is -3.63. The minimum atomic E-state index is -4.44. The van der Waals surface area contributed by atoms with E-state index in [1.54, 1.807) is 13.8 Å². The first-order chi connectivity index (χ1) is 13.0. The van der Waals surface area contributed by atoms with Gasteiger partial charge >= 0.3 is 6.18 Å². The molecular weight excluding hydrogens is 413 g/mol. The molecule has 0 radical (unpaired) electrons. The maximum Gasteiger partial charge on any atom is 0.416 e. The normalized spacial score (nSPS) is 12.2. The predicted octanol–water partition coefficient (Wildman–Crippen LogP) is 4.12. The summed E-state index contributed by atoms with van der Waals surface area (Å²) in [5.74, 6) is -0.505. The minimum Gasteiger partial charge on any atom is -0.325 e. The molecule has 0 atom stereocenters. The summed E-state index contributed by atoms with van der Waals surface area (Å²) in [4.78, 5) is 12.4. The Morgan fingerprint density at radius 3 is 2.32 bits per heavy atom. The highest BCUT2D eigenvalue weighted by molar-refractivity contribution is 8.00. The number of hydrogen-bond donors (Lipinski definition) is 2. The fourth-order valence-electron chi connectivity index (χ4n) is 2.20. The van der Waals surface area contributed by atoms with Crippen molar-refractivity contribution in [3.63, 3.8) is 0 Å². The number of amides is 1. The molecule has 0 fully saturated rings. The van der Waals surface area contributed by atoms with Gasteiger partial charge in [-0.2, -0.15) is 13.2 Å². The topological polar surface area (TPSA) is 75.3 Å². The number of rotatable bonds is 7. The average Bonchev–Trinajstić information content (AvgIpc) is 2.59. The third-order valence-electron chi connectivity index (χ3n) is 3.37. The third kappa shape index (κ3) is 6.54. The molecule has 0 bridgehead atoms. The molecule has 10 heteroatoms. The van der Waals surface area contributed by atoms with Crippen LogP contribution in [0.15, 0.2) is 58.3 Å². The van der Waals surface area contributed by atoms with E-state index in [2.05, 4.69) is 10.0 Å². The van der Waals surface area contributed by atoms with E-state index < -0.39 is 27.7 Å². The van der Waals surface area contributed by atoms with E-state index in [1.165, 1.54) is 36.4 Å². The Morgan fingerprint density at radius 1 is 1.11 bits per heavy atom. The highest BCUT2D eigenvalue weighted by Gasteiger charge is 2.30. The van der Waals surface area contributed by atoms with Crippen LogP contribution >= 0.6 is 11.8 Å². The second kappa shape index (κ2) is 8.97. The van der Waals surface area contributed by atoms with Crippen molar-refractivity contribution in [1.29, 1.82) is 0 Å². The van der Waals surface area contributed by atoms with Crippen LogP contribution in [0.5, 0.6) is 0 Å². The van der Waals surface area contributed by atoms with Crippen molar-refractivity contribution in [1.82, 2.24) is 4.72 Å². The highest BCUT2D eigenvalue weighted by atomic mass is 32.2. The predicted molar refractivity (Wildman–Crippen MR) is 103 cm³/mol. The van der Waals surface area contributed by atoms with E-state index >= 15 is 0 Å². The molecule has 0 aromatic heterocycles. The molecule has 0 spiro atoms. The largest absolute Gasteiger partial charge is 0.416 e. The lowest BCUT2D eigenvalue weighted by molar-refractivity contribution is -0.137. The van der Waals surface area contributed by atoms with E-state index in [4.69, 9.17) is 0 Å². The van der Waals surface area contributed by atoms with Gasteiger partial charge in [0.25, 0.3) is 0 Å². The van der Waals surface area contributed by atoms with E-state index in [0.29, 0.717) is 10.6 Å². The Balaban J connectivity index is 1.95. The number of anilines is 1. The summed E-state index contributed by atoms with van der Waals surface area (Å²) in [5, 5.41) is 2.58. The summed E-state index contributed by atoms with van der Waals surface area (Å²) in [6.45, 7) is 3.41. The van der Waals surface area contributed by atoms with Crippen molar-refractivity contribution >= 4 is 33.4 Å². The van der Waals surface area contributed by atoms with Crippen molar-refractivity contribution in [2.75, 3.05) is 11.1 Å². The fourth-order valence-corrected chi connectivity index (χ4v) is 4.21. The molecule has 0 aliphatic carbocycles. The minimum absolute atomic E-state index is 0.0672. The number of carbonyl (C=O) groups is 1. The van der Waals surface area contributed by atoms with Crippen LogP contribution in [0.4, 0.5) is 18.9 Å². The van der Waals surface area contributed by atoms with Gasteiger partial charge in [0.2, 0.25) is 15.9 Å². The van der Waals surface area contributed by atoms with Gasteiger partial charge < -0.3 is 5.32 Å². The second-order valence-corrected chi connectivity index (χ2v) is 8.93. The number of benzene rings is 2. The van der Waals surface area contributed by atoms with Crippen LogP contribution in [0, 0.1) is 0 Å². The number of nitrogens with one attached hydrogen (secondary N) is 2. The molecular formula is C18H19F3N2O3S2. The molecule has 0 heterocycles. The van der Waals surface area contributed by atoms with Gasteiger partial charge in [0, 0.05) is 16.6 Å². The summed E-state index contributed by atoms with van der Waals surface area (Å²) in [5.41, 5.74) is -0.386. The zero-order valence-electron chi connectivity index (χ0n) is 15.1. The van der Waals surface area contributed by atoms with Crippen LogP contribution in [0.3, 0.4) is 0 Å². The zero-order valence-corrected chi connectivity index (χ0v) is 16.7. The Morgan fingerprint density at radius 2 is 1.75 bits per heavy atom. The molecule has 2 aromatic carbocycles. The van der Waals surface area contributed by atoms with Gasteiger partial charge in [-0.3, -0.25) is 4.79 Å². The number of carbonyl (C=O) groups excluding carboxylic acids is 1. The van der Waals surface area contributed by atoms with Gasteiger partial charge in [-0.05, 0) is 56.3 Å². The molecule has 2 aromatic rings. The van der Waals surface area contributed by atoms with Crippen LogP contribution in [-0.4, -0.2) is 26.1 Å². The molecule has 28 heavy (non-hydrogen) atoms. The van der Waals surface area contributed by atoms with Gasteiger partial charge in [0.1, 0.15) is 0 Å². The number of sulfonamides is 1. The van der Waals surface area contributed by atoms with Crippen molar-refractivity contribution in [2.45, 2.75) is 35.9 Å². The fraction of sp³-hybridized carbons (Fsp3) is 0.278. The Hall–Kier alpha value is -2.04. The number of hydrogen-bond acceptors (Lipinski definition) is 4. The Labute approximate surface area is 165 Å². The van der Waals surface area contributed by atoms with Gasteiger partial charge in [0.15, 0.2) is 0 Å². The lowest BCUT2D eigenvalue weighted by Crippen LogP contribution is -2.30. The SMILES string of the molecule is CC(C)NS(=O)(=O)c1ccc(NC(=O)CSc2cccc(C(F)(F)F)c2)cc1. The Bertz CT molecular complexity index is 928. The van der Waals surface area contributed by atoms with Crippen LogP contribution in [0.2, 0.25) is 0 Å². The first-order valence-electron chi connectivity index (χ1n) is 8.20. The number of thioether (sulfide) groups is 1. The molecule has 1 amide bonds. The second-order valence-electron chi connectivity index (χ2n) is 6.16. The Kier molecular flexibility index (Phi) is 7.13. The summed E-state index contributed by atoms with van der Waals surface area (Å²) in [6, 6.07) is 10.1. The van der Waals surface area contributed by atoms with Crippen molar-refractivity contribution < 1.29 is 26.4 Å². The molecule has 2 N–H and O–H groups in total. The number of alkyl halides is 3. The van der Waals surface area contributed by atoms with Crippen molar-refractivity contribution in [3.8, 4) is 0 Å². The first kappa shape index (κ1) is 22.3. The van der Waals surface area contributed by atoms with E-state index in [-0.39, 0.29) is 16.7 Å². The van der Waals surface area contributed by atoms with Gasteiger partial charge in [-0.15, -0.1) is 11.8 Å². The molecule has 0 aliphatic heterocycles. The molecule has 0 unspecified atom stereocenters. The van der Waals surface area contributed by atoms with Crippen LogP contribution < -0.4 is 10.0 Å². The molecule has 0 saturated carbocycles. The molecule has 2 rings (SSSR count). The van der Waals surface area contributed by atoms with Crippen molar-refractivity contribution in [3.05, 3.63) is 54.1 Å². The summed E-state index contributed by atoms with van der Waals surface area (Å²) < 4.78 is 64.7. The highest BCUT2D eigenvalue weighted by Crippen LogP contribution is 2.31. The lowest BCUT2D eigenvalue weighted by atomic mass is 10.2. The first-order valence-corrected chi connectivity index (χ1v) is 10.7. The molecule has 0 saturated heterocycles. The van der Waals surface area contributed by atoms with Crippen LogP contribution in [-0.2, 0) is 21.0 Å². The molecule has 5 nitrogen and oxygen atoms in total. The summed E-state index contributed by atoms with van der Waals surface area (Å²) >= 11 is 0.974. The van der Waals surface area contributed by atoms with Gasteiger partial charge in [-0.25, -0.2) is 13.1 Å². The maximum absolute atomic E-state index is 12.7. The third-order valence-corrected chi connectivity index (χ3v) is 6.04. The van der Waals surface area contributed by atoms with Crippen LogP contribution in [0.25, 0.3) is 0 Å². The smallest absolute Gasteiger partial charge is 0.325 e.